The lowest BCUT2D eigenvalue weighted by Crippen LogP contribution is -2.31. The molecule has 0 saturated heterocycles. The van der Waals surface area contributed by atoms with Gasteiger partial charge in [-0.25, -0.2) is 0 Å². The minimum atomic E-state index is -0.169. The topological polar surface area (TPSA) is 79.5 Å². The standard InChI is InChI=1S/C20H25N3O3/c1-26-13-12-22-20(25)17-8-5-9-18(14-17)23-15-19(24)21-11-10-16-6-3-2-4-7-16/h2-9,14,23H,10-13,15H2,1H3,(H,21,24)(H,22,25). The van der Waals surface area contributed by atoms with Crippen molar-refractivity contribution in [3.63, 3.8) is 0 Å². The molecule has 2 amide bonds. The molecule has 0 saturated carbocycles. The van der Waals surface area contributed by atoms with Crippen LogP contribution in [0.15, 0.2) is 54.6 Å². The van der Waals surface area contributed by atoms with Crippen molar-refractivity contribution in [3.8, 4) is 0 Å². The number of nitrogens with one attached hydrogen (secondary N) is 3. The molecule has 0 aromatic heterocycles. The fraction of sp³-hybridized carbons (Fsp3) is 0.300. The summed E-state index contributed by atoms with van der Waals surface area (Å²) in [5.41, 5.74) is 2.45. The Balaban J connectivity index is 1.73. The summed E-state index contributed by atoms with van der Waals surface area (Å²) in [7, 11) is 1.58. The lowest BCUT2D eigenvalue weighted by Gasteiger charge is -2.10. The van der Waals surface area contributed by atoms with Gasteiger partial charge in [-0.05, 0) is 30.2 Å². The monoisotopic (exact) mass is 355 g/mol. The van der Waals surface area contributed by atoms with E-state index >= 15 is 0 Å². The molecule has 0 bridgehead atoms. The van der Waals surface area contributed by atoms with Crippen LogP contribution in [0.1, 0.15) is 15.9 Å². The summed E-state index contributed by atoms with van der Waals surface area (Å²) >= 11 is 0. The van der Waals surface area contributed by atoms with Gasteiger partial charge in [-0.3, -0.25) is 9.59 Å². The molecule has 0 aliphatic carbocycles. The highest BCUT2D eigenvalue weighted by Crippen LogP contribution is 2.10. The van der Waals surface area contributed by atoms with Crippen molar-refractivity contribution in [1.82, 2.24) is 10.6 Å². The van der Waals surface area contributed by atoms with E-state index < -0.39 is 0 Å². The first-order chi connectivity index (χ1) is 12.7. The molecule has 26 heavy (non-hydrogen) atoms. The highest BCUT2D eigenvalue weighted by atomic mass is 16.5. The zero-order valence-corrected chi connectivity index (χ0v) is 15.0. The van der Waals surface area contributed by atoms with Gasteiger partial charge in [-0.2, -0.15) is 0 Å². The Hall–Kier alpha value is -2.86. The maximum absolute atomic E-state index is 12.0. The molecule has 6 nitrogen and oxygen atoms in total. The highest BCUT2D eigenvalue weighted by Gasteiger charge is 2.06. The van der Waals surface area contributed by atoms with E-state index in [-0.39, 0.29) is 18.4 Å². The van der Waals surface area contributed by atoms with Crippen LogP contribution in [0, 0.1) is 0 Å². The quantitative estimate of drug-likeness (QED) is 0.568. The average molecular weight is 355 g/mol. The van der Waals surface area contributed by atoms with Gasteiger partial charge < -0.3 is 20.7 Å². The molecule has 2 rings (SSSR count). The van der Waals surface area contributed by atoms with Gasteiger partial charge >= 0.3 is 0 Å². The van der Waals surface area contributed by atoms with Crippen molar-refractivity contribution in [3.05, 3.63) is 65.7 Å². The third-order valence-corrected chi connectivity index (χ3v) is 3.75. The maximum Gasteiger partial charge on any atom is 0.251 e. The first-order valence-electron chi connectivity index (χ1n) is 8.60. The Morgan fingerprint density at radius 1 is 0.962 bits per heavy atom. The number of carbonyl (C=O) groups is 2. The first-order valence-corrected chi connectivity index (χ1v) is 8.60. The summed E-state index contributed by atoms with van der Waals surface area (Å²) in [5, 5.41) is 8.68. The molecule has 0 unspecified atom stereocenters. The van der Waals surface area contributed by atoms with Crippen LogP contribution in [0.2, 0.25) is 0 Å². The number of benzene rings is 2. The van der Waals surface area contributed by atoms with Crippen LogP contribution in [0.4, 0.5) is 5.69 Å². The lowest BCUT2D eigenvalue weighted by atomic mass is 10.1. The number of amides is 2. The average Bonchev–Trinajstić information content (AvgIpc) is 2.67. The number of hydrogen-bond acceptors (Lipinski definition) is 4. The van der Waals surface area contributed by atoms with Crippen molar-refractivity contribution in [1.29, 1.82) is 0 Å². The number of methoxy groups -OCH3 is 1. The molecule has 0 aliphatic rings. The van der Waals surface area contributed by atoms with Gasteiger partial charge in [0.1, 0.15) is 0 Å². The minimum absolute atomic E-state index is 0.0871. The number of ether oxygens (including phenoxy) is 1. The molecule has 0 atom stereocenters. The van der Waals surface area contributed by atoms with Crippen molar-refractivity contribution < 1.29 is 14.3 Å². The zero-order chi connectivity index (χ0) is 18.6. The van der Waals surface area contributed by atoms with Crippen molar-refractivity contribution >= 4 is 17.5 Å². The largest absolute Gasteiger partial charge is 0.383 e. The molecule has 2 aromatic carbocycles. The van der Waals surface area contributed by atoms with Gasteiger partial charge in [0.15, 0.2) is 0 Å². The zero-order valence-electron chi connectivity index (χ0n) is 15.0. The van der Waals surface area contributed by atoms with Gasteiger partial charge in [-0.1, -0.05) is 36.4 Å². The summed E-state index contributed by atoms with van der Waals surface area (Å²) in [6.07, 6.45) is 0.795. The molecule has 0 radical (unpaired) electrons. The predicted molar refractivity (Wildman–Crippen MR) is 102 cm³/mol. The molecule has 0 fully saturated rings. The molecular weight excluding hydrogens is 330 g/mol. The van der Waals surface area contributed by atoms with E-state index in [1.165, 1.54) is 5.56 Å². The number of anilines is 1. The van der Waals surface area contributed by atoms with E-state index in [1.807, 2.05) is 36.4 Å². The Kier molecular flexibility index (Phi) is 8.15. The second-order valence-electron chi connectivity index (χ2n) is 5.77. The van der Waals surface area contributed by atoms with Crippen LogP contribution < -0.4 is 16.0 Å². The molecule has 138 valence electrons. The summed E-state index contributed by atoms with van der Waals surface area (Å²) in [6.45, 7) is 1.67. The first kappa shape index (κ1) is 19.5. The van der Waals surface area contributed by atoms with E-state index in [0.717, 1.165) is 12.1 Å². The molecule has 0 aliphatic heterocycles. The normalized spacial score (nSPS) is 10.2. The Morgan fingerprint density at radius 2 is 1.77 bits per heavy atom. The van der Waals surface area contributed by atoms with E-state index in [9.17, 15) is 9.59 Å². The van der Waals surface area contributed by atoms with Crippen LogP contribution in [-0.2, 0) is 16.0 Å². The van der Waals surface area contributed by atoms with E-state index in [4.69, 9.17) is 4.74 Å². The van der Waals surface area contributed by atoms with Gasteiger partial charge in [0.2, 0.25) is 5.91 Å². The van der Waals surface area contributed by atoms with Crippen molar-refractivity contribution in [2.45, 2.75) is 6.42 Å². The number of hydrogen-bond donors (Lipinski definition) is 3. The fourth-order valence-corrected chi connectivity index (χ4v) is 2.37. The van der Waals surface area contributed by atoms with E-state index in [2.05, 4.69) is 16.0 Å². The minimum Gasteiger partial charge on any atom is -0.383 e. The molecule has 0 spiro atoms. The molecule has 6 heteroatoms. The highest BCUT2D eigenvalue weighted by molar-refractivity contribution is 5.95. The second kappa shape index (κ2) is 10.9. The van der Waals surface area contributed by atoms with Crippen LogP contribution in [0.25, 0.3) is 0 Å². The van der Waals surface area contributed by atoms with Crippen LogP contribution >= 0.6 is 0 Å². The third-order valence-electron chi connectivity index (χ3n) is 3.75. The summed E-state index contributed by atoms with van der Waals surface area (Å²) in [4.78, 5) is 23.9. The Labute approximate surface area is 153 Å². The fourth-order valence-electron chi connectivity index (χ4n) is 2.37. The number of carbonyl (C=O) groups excluding carboxylic acids is 2. The summed E-state index contributed by atoms with van der Waals surface area (Å²) in [6, 6.07) is 17.1. The molecule has 3 N–H and O–H groups in total. The molecular formula is C20H25N3O3. The summed E-state index contributed by atoms with van der Waals surface area (Å²) < 4.78 is 4.91. The smallest absolute Gasteiger partial charge is 0.251 e. The molecule has 0 heterocycles. The van der Waals surface area contributed by atoms with Gasteiger partial charge in [0.05, 0.1) is 13.2 Å². The molecule has 2 aromatic rings. The van der Waals surface area contributed by atoms with Gasteiger partial charge in [0, 0.05) is 31.5 Å². The third kappa shape index (κ3) is 6.94. The van der Waals surface area contributed by atoms with Crippen molar-refractivity contribution in [2.24, 2.45) is 0 Å². The van der Waals surface area contributed by atoms with Gasteiger partial charge in [0.25, 0.3) is 5.91 Å². The van der Waals surface area contributed by atoms with E-state index in [0.29, 0.717) is 25.3 Å². The van der Waals surface area contributed by atoms with Gasteiger partial charge in [-0.15, -0.1) is 0 Å². The van der Waals surface area contributed by atoms with Crippen LogP contribution in [0.3, 0.4) is 0 Å². The predicted octanol–water partition coefficient (Wildman–Crippen LogP) is 1.83. The Bertz CT molecular complexity index is 704. The summed E-state index contributed by atoms with van der Waals surface area (Å²) in [5.74, 6) is -0.256. The second-order valence-corrected chi connectivity index (χ2v) is 5.77. The maximum atomic E-state index is 12.0. The number of rotatable bonds is 10. The Morgan fingerprint density at radius 3 is 2.54 bits per heavy atom. The van der Waals surface area contributed by atoms with Crippen molar-refractivity contribution in [2.75, 3.05) is 38.7 Å². The van der Waals surface area contributed by atoms with E-state index in [1.54, 1.807) is 25.3 Å². The SMILES string of the molecule is COCCNC(=O)c1cccc(NCC(=O)NCCc2ccccc2)c1. The lowest BCUT2D eigenvalue weighted by molar-refractivity contribution is -0.119. The van der Waals surface area contributed by atoms with Crippen LogP contribution in [0.5, 0.6) is 0 Å². The van der Waals surface area contributed by atoms with Crippen LogP contribution in [-0.4, -0.2) is 45.2 Å².